The lowest BCUT2D eigenvalue weighted by atomic mass is 10.1. The molecule has 0 fully saturated rings. The van der Waals surface area contributed by atoms with Crippen LogP contribution in [-0.4, -0.2) is 34.3 Å². The van der Waals surface area contributed by atoms with E-state index in [0.29, 0.717) is 11.3 Å². The van der Waals surface area contributed by atoms with Crippen LogP contribution in [0.15, 0.2) is 58.4 Å². The van der Waals surface area contributed by atoms with Crippen molar-refractivity contribution in [3.8, 4) is 22.8 Å². The highest BCUT2D eigenvalue weighted by atomic mass is 16.6. The average Bonchev–Trinajstić information content (AvgIpc) is 2.74. The molecule has 1 aromatic heterocycles. The van der Waals surface area contributed by atoms with Crippen molar-refractivity contribution in [3.05, 3.63) is 74.6 Å². The number of nitro groups is 1. The highest BCUT2D eigenvalue weighted by Crippen LogP contribution is 2.38. The van der Waals surface area contributed by atoms with Gasteiger partial charge in [-0.2, -0.15) is 5.10 Å². The van der Waals surface area contributed by atoms with Crippen LogP contribution in [0.2, 0.25) is 0 Å². The van der Waals surface area contributed by atoms with Crippen LogP contribution in [0, 0.1) is 10.1 Å². The SMILES string of the molecule is COc1cc(/C=N\Nc2nc(-c3ccccc3)cc(=O)[nH]2)cc([N+](=O)[O-])c1OC(C)C. The minimum atomic E-state index is -0.548. The molecule has 0 saturated heterocycles. The molecule has 0 amide bonds. The van der Waals surface area contributed by atoms with Gasteiger partial charge in [-0.25, -0.2) is 10.4 Å². The number of nitro benzene ring substituents is 1. The van der Waals surface area contributed by atoms with E-state index in [0.717, 1.165) is 5.56 Å². The van der Waals surface area contributed by atoms with Gasteiger partial charge in [-0.15, -0.1) is 0 Å². The van der Waals surface area contributed by atoms with Crippen molar-refractivity contribution in [2.24, 2.45) is 5.10 Å². The molecule has 0 aliphatic heterocycles. The number of hydrogen-bond acceptors (Lipinski definition) is 8. The van der Waals surface area contributed by atoms with Gasteiger partial charge in [0.05, 0.1) is 30.0 Å². The summed E-state index contributed by atoms with van der Waals surface area (Å²) in [4.78, 5) is 29.8. The molecule has 0 spiro atoms. The van der Waals surface area contributed by atoms with Gasteiger partial charge in [0.1, 0.15) is 0 Å². The Balaban J connectivity index is 1.87. The highest BCUT2D eigenvalue weighted by Gasteiger charge is 2.23. The first-order valence-electron chi connectivity index (χ1n) is 9.36. The molecule has 1 heterocycles. The highest BCUT2D eigenvalue weighted by molar-refractivity contribution is 5.83. The maximum Gasteiger partial charge on any atom is 0.315 e. The Bertz CT molecular complexity index is 1160. The zero-order valence-corrected chi connectivity index (χ0v) is 17.2. The normalized spacial score (nSPS) is 11.0. The van der Waals surface area contributed by atoms with Gasteiger partial charge in [0.15, 0.2) is 5.75 Å². The molecule has 0 aliphatic carbocycles. The second kappa shape index (κ2) is 9.53. The number of nitrogens with zero attached hydrogens (tertiary/aromatic N) is 3. The number of anilines is 1. The Morgan fingerprint density at radius 1 is 1.23 bits per heavy atom. The molecule has 0 bridgehead atoms. The van der Waals surface area contributed by atoms with Crippen LogP contribution in [0.1, 0.15) is 19.4 Å². The summed E-state index contributed by atoms with van der Waals surface area (Å²) in [5.41, 5.74) is 3.70. The first kappa shape index (κ1) is 21.5. The van der Waals surface area contributed by atoms with Crippen molar-refractivity contribution in [3.63, 3.8) is 0 Å². The van der Waals surface area contributed by atoms with Crippen molar-refractivity contribution in [1.29, 1.82) is 0 Å². The second-order valence-corrected chi connectivity index (χ2v) is 6.71. The summed E-state index contributed by atoms with van der Waals surface area (Å²) in [5, 5.41) is 15.5. The van der Waals surface area contributed by atoms with Crippen LogP contribution in [0.25, 0.3) is 11.3 Å². The van der Waals surface area contributed by atoms with Crippen molar-refractivity contribution in [1.82, 2.24) is 9.97 Å². The van der Waals surface area contributed by atoms with E-state index in [9.17, 15) is 14.9 Å². The Hall–Kier alpha value is -4.21. The lowest BCUT2D eigenvalue weighted by Crippen LogP contribution is -2.10. The van der Waals surface area contributed by atoms with Gasteiger partial charge in [0, 0.05) is 23.3 Å². The number of methoxy groups -OCH3 is 1. The van der Waals surface area contributed by atoms with Gasteiger partial charge in [0.2, 0.25) is 11.7 Å². The molecule has 10 nitrogen and oxygen atoms in total. The molecule has 3 rings (SSSR count). The summed E-state index contributed by atoms with van der Waals surface area (Å²) in [6, 6.07) is 13.5. The number of hydrogen-bond donors (Lipinski definition) is 2. The monoisotopic (exact) mass is 423 g/mol. The maximum absolute atomic E-state index is 12.0. The molecule has 3 aromatic rings. The fraction of sp³-hybridized carbons (Fsp3) is 0.190. The second-order valence-electron chi connectivity index (χ2n) is 6.71. The van der Waals surface area contributed by atoms with E-state index in [1.807, 2.05) is 30.3 Å². The molecule has 160 valence electrons. The molecule has 0 saturated carbocycles. The molecule has 2 N–H and O–H groups in total. The number of rotatable bonds is 8. The number of hydrazone groups is 1. The van der Waals surface area contributed by atoms with Crippen LogP contribution < -0.4 is 20.5 Å². The Morgan fingerprint density at radius 3 is 2.61 bits per heavy atom. The van der Waals surface area contributed by atoms with E-state index in [-0.39, 0.29) is 34.8 Å². The lowest BCUT2D eigenvalue weighted by molar-refractivity contribution is -0.386. The quantitative estimate of drug-likeness (QED) is 0.321. The van der Waals surface area contributed by atoms with E-state index >= 15 is 0 Å². The molecular weight excluding hydrogens is 402 g/mol. The topological polar surface area (TPSA) is 132 Å². The van der Waals surface area contributed by atoms with Crippen LogP contribution in [0.5, 0.6) is 11.5 Å². The Kier molecular flexibility index (Phi) is 6.61. The van der Waals surface area contributed by atoms with Crippen LogP contribution >= 0.6 is 0 Å². The Labute approximate surface area is 177 Å². The number of benzene rings is 2. The molecule has 31 heavy (non-hydrogen) atoms. The van der Waals surface area contributed by atoms with E-state index in [1.165, 1.54) is 25.5 Å². The standard InChI is InChI=1S/C21H21N5O5/c1-13(2)31-20-17(26(28)29)9-14(10-18(20)30-3)12-22-25-21-23-16(11-19(27)24-21)15-7-5-4-6-8-15/h4-13H,1-3H3,(H2,23,24,25,27)/b22-12-. The average molecular weight is 423 g/mol. The number of H-pyrrole nitrogens is 1. The summed E-state index contributed by atoms with van der Waals surface area (Å²) >= 11 is 0. The lowest BCUT2D eigenvalue weighted by Gasteiger charge is -2.14. The van der Waals surface area contributed by atoms with E-state index in [1.54, 1.807) is 19.9 Å². The number of nitrogens with one attached hydrogen (secondary N) is 2. The summed E-state index contributed by atoms with van der Waals surface area (Å²) in [6.07, 6.45) is 1.08. The van der Waals surface area contributed by atoms with Crippen LogP contribution in [0.4, 0.5) is 11.6 Å². The molecule has 0 aliphatic rings. The fourth-order valence-corrected chi connectivity index (χ4v) is 2.76. The molecule has 0 atom stereocenters. The first-order valence-corrected chi connectivity index (χ1v) is 9.36. The summed E-state index contributed by atoms with van der Waals surface area (Å²) in [6.45, 7) is 3.53. The largest absolute Gasteiger partial charge is 0.493 e. The minimum Gasteiger partial charge on any atom is -0.493 e. The van der Waals surface area contributed by atoms with Gasteiger partial charge in [-0.1, -0.05) is 30.3 Å². The molecular formula is C21H21N5O5. The van der Waals surface area contributed by atoms with Crippen molar-refractivity contribution in [2.75, 3.05) is 12.5 Å². The van der Waals surface area contributed by atoms with E-state index in [2.05, 4.69) is 20.5 Å². The molecule has 0 radical (unpaired) electrons. The van der Waals surface area contributed by atoms with Gasteiger partial charge in [-0.05, 0) is 19.9 Å². The number of aromatic nitrogens is 2. The summed E-state index contributed by atoms with van der Waals surface area (Å²) in [7, 11) is 1.40. The zero-order chi connectivity index (χ0) is 22.4. The van der Waals surface area contributed by atoms with Gasteiger partial charge in [0.25, 0.3) is 5.56 Å². The third-order valence-electron chi connectivity index (χ3n) is 4.02. The van der Waals surface area contributed by atoms with Crippen molar-refractivity contribution in [2.45, 2.75) is 20.0 Å². The summed E-state index contributed by atoms with van der Waals surface area (Å²) in [5.74, 6) is 0.389. The smallest absolute Gasteiger partial charge is 0.315 e. The molecule has 10 heteroatoms. The zero-order valence-electron chi connectivity index (χ0n) is 17.2. The van der Waals surface area contributed by atoms with Gasteiger partial charge >= 0.3 is 5.69 Å². The fourth-order valence-electron chi connectivity index (χ4n) is 2.76. The number of aromatic amines is 1. The number of ether oxygens (including phenoxy) is 2. The molecule has 0 unspecified atom stereocenters. The summed E-state index contributed by atoms with van der Waals surface area (Å²) < 4.78 is 10.8. The van der Waals surface area contributed by atoms with Crippen molar-refractivity contribution < 1.29 is 14.4 Å². The van der Waals surface area contributed by atoms with E-state index in [4.69, 9.17) is 9.47 Å². The maximum atomic E-state index is 12.0. The first-order chi connectivity index (χ1) is 14.9. The third kappa shape index (κ3) is 5.44. The van der Waals surface area contributed by atoms with Gasteiger partial charge < -0.3 is 9.47 Å². The Morgan fingerprint density at radius 2 is 1.97 bits per heavy atom. The van der Waals surface area contributed by atoms with E-state index < -0.39 is 4.92 Å². The predicted molar refractivity (Wildman–Crippen MR) is 117 cm³/mol. The molecule has 2 aromatic carbocycles. The van der Waals surface area contributed by atoms with Gasteiger partial charge in [-0.3, -0.25) is 19.9 Å². The van der Waals surface area contributed by atoms with Crippen LogP contribution in [-0.2, 0) is 0 Å². The predicted octanol–water partition coefficient (Wildman–Crippen LogP) is 3.59. The third-order valence-corrected chi connectivity index (χ3v) is 4.02. The minimum absolute atomic E-state index is 0.0502. The van der Waals surface area contributed by atoms with Crippen molar-refractivity contribution >= 4 is 17.9 Å². The van der Waals surface area contributed by atoms with Crippen LogP contribution in [0.3, 0.4) is 0 Å².